The van der Waals surface area contributed by atoms with Crippen LogP contribution in [-0.4, -0.2) is 21.7 Å². The number of benzene rings is 2. The standard InChI is InChI=1S/C18H12BrN3O2S/c1-24-14-9-5-3-7-12(14)16-20-18-22(21-16)17(23)15(25-18)10-11-6-2-4-8-13(11)19/h2-10H,1H3/b15-10-. The van der Waals surface area contributed by atoms with Gasteiger partial charge in [0.1, 0.15) is 5.75 Å². The maximum atomic E-state index is 12.6. The number of para-hydroxylation sites is 1. The fraction of sp³-hybridized carbons (Fsp3) is 0.0556. The Balaban J connectivity index is 1.86. The van der Waals surface area contributed by atoms with Crippen LogP contribution < -0.4 is 14.8 Å². The molecule has 0 unspecified atom stereocenters. The molecular weight excluding hydrogens is 402 g/mol. The highest BCUT2D eigenvalue weighted by atomic mass is 79.9. The second-order valence-electron chi connectivity index (χ2n) is 5.27. The van der Waals surface area contributed by atoms with Crippen molar-refractivity contribution in [3.05, 3.63) is 73.5 Å². The molecule has 25 heavy (non-hydrogen) atoms. The van der Waals surface area contributed by atoms with Crippen molar-refractivity contribution in [1.82, 2.24) is 14.6 Å². The van der Waals surface area contributed by atoms with Gasteiger partial charge in [-0.3, -0.25) is 4.79 Å². The second kappa shape index (κ2) is 6.42. The number of nitrogens with zero attached hydrogens (tertiary/aromatic N) is 3. The van der Waals surface area contributed by atoms with Gasteiger partial charge in [0.2, 0.25) is 4.96 Å². The summed E-state index contributed by atoms with van der Waals surface area (Å²) in [7, 11) is 1.60. The Morgan fingerprint density at radius 1 is 1.16 bits per heavy atom. The fourth-order valence-corrected chi connectivity index (χ4v) is 3.81. The molecule has 0 fully saturated rings. The van der Waals surface area contributed by atoms with Crippen LogP contribution in [0.1, 0.15) is 5.56 Å². The molecule has 7 heteroatoms. The quantitative estimate of drug-likeness (QED) is 0.517. The fourth-order valence-electron chi connectivity index (χ4n) is 2.51. The maximum absolute atomic E-state index is 12.6. The summed E-state index contributed by atoms with van der Waals surface area (Å²) in [4.78, 5) is 17.7. The number of fused-ring (bicyclic) bond motifs is 1. The lowest BCUT2D eigenvalue weighted by Crippen LogP contribution is -2.23. The Hall–Kier alpha value is -2.51. The molecule has 4 aromatic rings. The summed E-state index contributed by atoms with van der Waals surface area (Å²) in [6.07, 6.45) is 1.84. The zero-order chi connectivity index (χ0) is 17.4. The van der Waals surface area contributed by atoms with E-state index < -0.39 is 0 Å². The normalized spacial score (nSPS) is 12.0. The third kappa shape index (κ3) is 2.85. The van der Waals surface area contributed by atoms with Crippen LogP contribution >= 0.6 is 27.3 Å². The third-order valence-corrected chi connectivity index (χ3v) is 5.40. The number of methoxy groups -OCH3 is 1. The first-order valence-corrected chi connectivity index (χ1v) is 9.07. The van der Waals surface area contributed by atoms with Crippen molar-refractivity contribution < 1.29 is 4.74 Å². The van der Waals surface area contributed by atoms with Crippen LogP contribution in [0.3, 0.4) is 0 Å². The maximum Gasteiger partial charge on any atom is 0.291 e. The van der Waals surface area contributed by atoms with Gasteiger partial charge in [-0.1, -0.05) is 57.6 Å². The largest absolute Gasteiger partial charge is 0.496 e. The van der Waals surface area contributed by atoms with Crippen molar-refractivity contribution in [3.8, 4) is 17.1 Å². The molecule has 2 aromatic carbocycles. The minimum Gasteiger partial charge on any atom is -0.496 e. The van der Waals surface area contributed by atoms with Crippen LogP contribution in [0.25, 0.3) is 22.4 Å². The summed E-state index contributed by atoms with van der Waals surface area (Å²) >= 11 is 4.81. The van der Waals surface area contributed by atoms with E-state index in [9.17, 15) is 4.79 Å². The van der Waals surface area contributed by atoms with E-state index >= 15 is 0 Å². The number of rotatable bonds is 3. The van der Waals surface area contributed by atoms with Crippen LogP contribution in [-0.2, 0) is 0 Å². The molecule has 0 bridgehead atoms. The van der Waals surface area contributed by atoms with E-state index in [1.54, 1.807) is 7.11 Å². The molecule has 0 N–H and O–H groups in total. The van der Waals surface area contributed by atoms with Gasteiger partial charge in [0.25, 0.3) is 5.56 Å². The molecule has 0 saturated heterocycles. The zero-order valence-electron chi connectivity index (χ0n) is 13.1. The highest BCUT2D eigenvalue weighted by Gasteiger charge is 2.14. The first-order chi connectivity index (χ1) is 12.2. The first-order valence-electron chi connectivity index (χ1n) is 7.46. The molecule has 0 aliphatic heterocycles. The van der Waals surface area contributed by atoms with E-state index in [2.05, 4.69) is 26.0 Å². The third-order valence-electron chi connectivity index (χ3n) is 3.72. The van der Waals surface area contributed by atoms with Crippen molar-refractivity contribution in [3.63, 3.8) is 0 Å². The summed E-state index contributed by atoms with van der Waals surface area (Å²) in [6.45, 7) is 0. The highest BCUT2D eigenvalue weighted by Crippen LogP contribution is 2.27. The predicted molar refractivity (Wildman–Crippen MR) is 102 cm³/mol. The lowest BCUT2D eigenvalue weighted by Gasteiger charge is -2.03. The molecule has 5 nitrogen and oxygen atoms in total. The summed E-state index contributed by atoms with van der Waals surface area (Å²) in [5.41, 5.74) is 1.52. The number of thiazole rings is 1. The van der Waals surface area contributed by atoms with Gasteiger partial charge in [0, 0.05) is 4.47 Å². The molecule has 0 spiro atoms. The van der Waals surface area contributed by atoms with Crippen LogP contribution in [0.4, 0.5) is 0 Å². The smallest absolute Gasteiger partial charge is 0.291 e. The molecule has 0 radical (unpaired) electrons. The van der Waals surface area contributed by atoms with Crippen LogP contribution in [0, 0.1) is 0 Å². The minimum absolute atomic E-state index is 0.176. The van der Waals surface area contributed by atoms with Crippen molar-refractivity contribution in [2.24, 2.45) is 0 Å². The SMILES string of the molecule is COc1ccccc1-c1nc2s/c(=C\c3ccccc3Br)c(=O)n2n1. The van der Waals surface area contributed by atoms with Crippen molar-refractivity contribution in [1.29, 1.82) is 0 Å². The molecule has 0 amide bonds. The van der Waals surface area contributed by atoms with E-state index in [4.69, 9.17) is 4.74 Å². The van der Waals surface area contributed by atoms with Crippen molar-refractivity contribution in [2.45, 2.75) is 0 Å². The van der Waals surface area contributed by atoms with E-state index in [0.29, 0.717) is 21.1 Å². The summed E-state index contributed by atoms with van der Waals surface area (Å²) in [5.74, 6) is 1.15. The van der Waals surface area contributed by atoms with E-state index in [0.717, 1.165) is 15.6 Å². The summed E-state index contributed by atoms with van der Waals surface area (Å²) < 4.78 is 8.21. The Morgan fingerprint density at radius 2 is 1.92 bits per heavy atom. The minimum atomic E-state index is -0.176. The van der Waals surface area contributed by atoms with E-state index in [1.807, 2.05) is 54.6 Å². The lowest BCUT2D eigenvalue weighted by atomic mass is 10.2. The molecule has 2 heterocycles. The molecule has 2 aromatic heterocycles. The molecular formula is C18H12BrN3O2S. The Bertz CT molecular complexity index is 1180. The van der Waals surface area contributed by atoms with Gasteiger partial charge in [-0.25, -0.2) is 0 Å². The molecule has 0 atom stereocenters. The average Bonchev–Trinajstić information content (AvgIpc) is 3.17. The predicted octanol–water partition coefficient (Wildman–Crippen LogP) is 3.14. The van der Waals surface area contributed by atoms with Gasteiger partial charge in [-0.05, 0) is 29.8 Å². The monoisotopic (exact) mass is 413 g/mol. The molecule has 0 aliphatic rings. The number of halogens is 1. The van der Waals surface area contributed by atoms with Gasteiger partial charge in [0.15, 0.2) is 5.82 Å². The van der Waals surface area contributed by atoms with Crippen LogP contribution in [0.2, 0.25) is 0 Å². The Morgan fingerprint density at radius 3 is 2.68 bits per heavy atom. The molecule has 0 saturated carbocycles. The molecule has 124 valence electrons. The van der Waals surface area contributed by atoms with Crippen LogP contribution in [0.5, 0.6) is 5.75 Å². The van der Waals surface area contributed by atoms with Gasteiger partial charge in [-0.15, -0.1) is 5.10 Å². The summed E-state index contributed by atoms with van der Waals surface area (Å²) in [6, 6.07) is 15.2. The van der Waals surface area contributed by atoms with Gasteiger partial charge < -0.3 is 4.74 Å². The van der Waals surface area contributed by atoms with Gasteiger partial charge >= 0.3 is 0 Å². The highest BCUT2D eigenvalue weighted by molar-refractivity contribution is 9.10. The molecule has 0 aliphatic carbocycles. The van der Waals surface area contributed by atoms with E-state index in [1.165, 1.54) is 15.9 Å². The van der Waals surface area contributed by atoms with Gasteiger partial charge in [-0.2, -0.15) is 9.50 Å². The lowest BCUT2D eigenvalue weighted by molar-refractivity contribution is 0.416. The topological polar surface area (TPSA) is 56.5 Å². The average molecular weight is 414 g/mol. The number of hydrogen-bond donors (Lipinski definition) is 0. The first kappa shape index (κ1) is 16.0. The van der Waals surface area contributed by atoms with Crippen molar-refractivity contribution in [2.75, 3.05) is 7.11 Å². The summed E-state index contributed by atoms with van der Waals surface area (Å²) in [5, 5.41) is 4.37. The van der Waals surface area contributed by atoms with Crippen molar-refractivity contribution >= 4 is 38.3 Å². The van der Waals surface area contributed by atoms with Gasteiger partial charge in [0.05, 0.1) is 17.2 Å². The molecule has 4 rings (SSSR count). The van der Waals surface area contributed by atoms with Crippen LogP contribution in [0.15, 0.2) is 57.8 Å². The van der Waals surface area contributed by atoms with E-state index in [-0.39, 0.29) is 5.56 Å². The number of ether oxygens (including phenoxy) is 1. The number of aromatic nitrogens is 3. The second-order valence-corrected chi connectivity index (χ2v) is 7.13. The number of hydrogen-bond acceptors (Lipinski definition) is 5. The Kier molecular flexibility index (Phi) is 4.10. The Labute approximate surface area is 155 Å². The zero-order valence-corrected chi connectivity index (χ0v) is 15.5.